The van der Waals surface area contributed by atoms with Crippen molar-refractivity contribution in [2.24, 2.45) is 0 Å². The number of rotatable bonds is 3. The molecule has 10 aromatic rings. The molecular formula is C54H33NO. The quantitative estimate of drug-likeness (QED) is 0.170. The van der Waals surface area contributed by atoms with E-state index in [-0.39, 0.29) is 0 Å². The van der Waals surface area contributed by atoms with Crippen LogP contribution in [0.5, 0.6) is 11.5 Å². The topological polar surface area (TPSA) is 22.1 Å². The first-order valence-corrected chi connectivity index (χ1v) is 19.3. The SMILES string of the molecule is c1ccc(-c2cc(-c3ccc4c(c3)C3(c5ccccc5Oc5ccccc53)c3ccccc3-4)cc(-c3ccc4c5ccccc5c5ccccc5c4c3)n2)cc1. The lowest BCUT2D eigenvalue weighted by Crippen LogP contribution is -2.32. The number of hydrogen-bond donors (Lipinski definition) is 0. The molecule has 1 aliphatic carbocycles. The van der Waals surface area contributed by atoms with E-state index in [0.29, 0.717) is 0 Å². The third-order valence-corrected chi connectivity index (χ3v) is 12.1. The predicted molar refractivity (Wildman–Crippen MR) is 230 cm³/mol. The van der Waals surface area contributed by atoms with Gasteiger partial charge in [0, 0.05) is 22.3 Å². The predicted octanol–water partition coefficient (Wildman–Crippen LogP) is 14.0. The highest BCUT2D eigenvalue weighted by Gasteiger charge is 2.51. The van der Waals surface area contributed by atoms with Gasteiger partial charge in [-0.2, -0.15) is 0 Å². The van der Waals surface area contributed by atoms with Crippen molar-refractivity contribution in [3.63, 3.8) is 0 Å². The Kier molecular flexibility index (Phi) is 6.58. The number of nitrogens with zero attached hydrogens (tertiary/aromatic N) is 1. The molecule has 0 saturated carbocycles. The third kappa shape index (κ3) is 4.35. The third-order valence-electron chi connectivity index (χ3n) is 12.1. The van der Waals surface area contributed by atoms with Crippen molar-refractivity contribution in [2.75, 3.05) is 0 Å². The molecule has 56 heavy (non-hydrogen) atoms. The van der Waals surface area contributed by atoms with Crippen LogP contribution in [0, 0.1) is 0 Å². The zero-order valence-corrected chi connectivity index (χ0v) is 30.4. The van der Waals surface area contributed by atoms with Gasteiger partial charge < -0.3 is 4.74 Å². The van der Waals surface area contributed by atoms with E-state index in [1.807, 2.05) is 0 Å². The van der Waals surface area contributed by atoms with Gasteiger partial charge in [-0.25, -0.2) is 4.98 Å². The minimum Gasteiger partial charge on any atom is -0.457 e. The van der Waals surface area contributed by atoms with Crippen LogP contribution in [-0.4, -0.2) is 4.98 Å². The summed E-state index contributed by atoms with van der Waals surface area (Å²) in [7, 11) is 0. The monoisotopic (exact) mass is 711 g/mol. The molecule has 2 nitrogen and oxygen atoms in total. The molecule has 2 heteroatoms. The molecule has 2 heterocycles. The molecule has 0 saturated heterocycles. The average Bonchev–Trinajstić information content (AvgIpc) is 3.56. The number of aromatic nitrogens is 1. The summed E-state index contributed by atoms with van der Waals surface area (Å²) in [5.74, 6) is 1.79. The molecule has 1 aliphatic heterocycles. The maximum atomic E-state index is 6.61. The van der Waals surface area contributed by atoms with Gasteiger partial charge in [0.2, 0.25) is 0 Å². The Morgan fingerprint density at radius 3 is 1.48 bits per heavy atom. The molecule has 0 radical (unpaired) electrons. The van der Waals surface area contributed by atoms with Crippen molar-refractivity contribution in [1.82, 2.24) is 4.98 Å². The maximum Gasteiger partial charge on any atom is 0.132 e. The average molecular weight is 712 g/mol. The van der Waals surface area contributed by atoms with E-state index in [2.05, 4.69) is 200 Å². The number of fused-ring (bicyclic) bond motifs is 15. The van der Waals surface area contributed by atoms with Crippen molar-refractivity contribution < 1.29 is 4.74 Å². The second-order valence-corrected chi connectivity index (χ2v) is 15.0. The zero-order valence-electron chi connectivity index (χ0n) is 30.4. The number of hydrogen-bond acceptors (Lipinski definition) is 2. The number of pyridine rings is 1. The Morgan fingerprint density at radius 2 is 0.804 bits per heavy atom. The van der Waals surface area contributed by atoms with Crippen molar-refractivity contribution in [1.29, 1.82) is 0 Å². The summed E-state index contributed by atoms with van der Waals surface area (Å²) in [5, 5.41) is 7.55. The van der Waals surface area contributed by atoms with Gasteiger partial charge in [0.05, 0.1) is 16.8 Å². The summed E-state index contributed by atoms with van der Waals surface area (Å²) in [4.78, 5) is 5.38. The summed E-state index contributed by atoms with van der Waals surface area (Å²) in [6.45, 7) is 0. The molecule has 1 spiro atoms. The van der Waals surface area contributed by atoms with E-state index in [0.717, 1.165) is 45.1 Å². The Bertz CT molecular complexity index is 3150. The van der Waals surface area contributed by atoms with E-state index >= 15 is 0 Å². The normalized spacial score (nSPS) is 13.3. The minimum absolute atomic E-state index is 0.534. The fourth-order valence-electron chi connectivity index (χ4n) is 9.70. The molecule has 0 atom stereocenters. The molecule has 1 aromatic heterocycles. The lowest BCUT2D eigenvalue weighted by Gasteiger charge is -2.39. The van der Waals surface area contributed by atoms with Gasteiger partial charge in [-0.05, 0) is 102 Å². The summed E-state index contributed by atoms with van der Waals surface area (Å²) in [6, 6.07) is 72.5. The van der Waals surface area contributed by atoms with Crippen LogP contribution in [0.4, 0.5) is 0 Å². The van der Waals surface area contributed by atoms with Crippen molar-refractivity contribution in [3.05, 3.63) is 222 Å². The molecule has 9 aromatic carbocycles. The second kappa shape index (κ2) is 11.9. The Labute approximate surface area is 325 Å². The highest BCUT2D eigenvalue weighted by Crippen LogP contribution is 2.62. The van der Waals surface area contributed by atoms with Crippen LogP contribution in [0.2, 0.25) is 0 Å². The second-order valence-electron chi connectivity index (χ2n) is 15.0. The summed E-state index contributed by atoms with van der Waals surface area (Å²) >= 11 is 0. The Hall–Kier alpha value is -7.29. The first kappa shape index (κ1) is 31.1. The molecule has 0 bridgehead atoms. The molecule has 0 amide bonds. The van der Waals surface area contributed by atoms with Crippen LogP contribution in [0.3, 0.4) is 0 Å². The fraction of sp³-hybridized carbons (Fsp3) is 0.0185. The van der Waals surface area contributed by atoms with Crippen molar-refractivity contribution in [2.45, 2.75) is 5.41 Å². The first-order chi connectivity index (χ1) is 27.8. The highest BCUT2D eigenvalue weighted by molar-refractivity contribution is 6.25. The van der Waals surface area contributed by atoms with E-state index in [1.165, 1.54) is 65.7 Å². The summed E-state index contributed by atoms with van der Waals surface area (Å²) < 4.78 is 6.61. The maximum absolute atomic E-state index is 6.61. The Morgan fingerprint density at radius 1 is 0.304 bits per heavy atom. The lowest BCUT2D eigenvalue weighted by atomic mass is 9.66. The zero-order chi connectivity index (χ0) is 36.8. The molecular weight excluding hydrogens is 679 g/mol. The number of para-hydroxylation sites is 2. The van der Waals surface area contributed by atoms with Crippen LogP contribution in [-0.2, 0) is 5.41 Å². The molecule has 12 rings (SSSR count). The molecule has 0 fully saturated rings. The van der Waals surface area contributed by atoms with Crippen LogP contribution in [0.25, 0.3) is 77.1 Å². The van der Waals surface area contributed by atoms with E-state index < -0.39 is 5.41 Å². The van der Waals surface area contributed by atoms with Gasteiger partial charge in [-0.3, -0.25) is 0 Å². The first-order valence-electron chi connectivity index (χ1n) is 19.3. The van der Waals surface area contributed by atoms with Crippen LogP contribution in [0.1, 0.15) is 22.3 Å². The van der Waals surface area contributed by atoms with Gasteiger partial charge in [-0.1, -0.05) is 164 Å². The van der Waals surface area contributed by atoms with Gasteiger partial charge in [0.25, 0.3) is 0 Å². The van der Waals surface area contributed by atoms with Crippen LogP contribution in [0.15, 0.2) is 200 Å². The summed E-state index contributed by atoms with van der Waals surface area (Å²) in [5.41, 5.74) is 13.2. The van der Waals surface area contributed by atoms with Crippen molar-refractivity contribution in [3.8, 4) is 56.3 Å². The molecule has 260 valence electrons. The van der Waals surface area contributed by atoms with E-state index in [9.17, 15) is 0 Å². The van der Waals surface area contributed by atoms with Gasteiger partial charge >= 0.3 is 0 Å². The van der Waals surface area contributed by atoms with Crippen LogP contribution < -0.4 is 4.74 Å². The van der Waals surface area contributed by atoms with E-state index in [1.54, 1.807) is 0 Å². The fourth-order valence-corrected chi connectivity index (χ4v) is 9.70. The minimum atomic E-state index is -0.534. The summed E-state index contributed by atoms with van der Waals surface area (Å²) in [6.07, 6.45) is 0. The number of ether oxygens (including phenoxy) is 1. The van der Waals surface area contributed by atoms with Crippen LogP contribution >= 0.6 is 0 Å². The molecule has 2 aliphatic rings. The standard InChI is InChI=1S/C54H33NO/c1-2-14-34(15-3-1)50-32-37(33-51(55-50)36-27-28-42-40-18-5-4-16-38(40)39-17-6-7-19-41(39)45(42)30-36)35-26-29-44-43-20-8-9-21-46(43)54(49(44)31-35)47-22-10-12-24-52(47)56-53-25-13-11-23-48(53)54/h1-33H. The van der Waals surface area contributed by atoms with Gasteiger partial charge in [0.15, 0.2) is 0 Å². The van der Waals surface area contributed by atoms with Gasteiger partial charge in [0.1, 0.15) is 11.5 Å². The Balaban J connectivity index is 1.11. The lowest BCUT2D eigenvalue weighted by molar-refractivity contribution is 0.436. The van der Waals surface area contributed by atoms with Gasteiger partial charge in [-0.15, -0.1) is 0 Å². The van der Waals surface area contributed by atoms with E-state index in [4.69, 9.17) is 9.72 Å². The van der Waals surface area contributed by atoms with Crippen molar-refractivity contribution >= 4 is 32.3 Å². The highest BCUT2D eigenvalue weighted by atomic mass is 16.5. The number of benzene rings is 9. The molecule has 0 N–H and O–H groups in total. The molecule has 0 unspecified atom stereocenters. The smallest absolute Gasteiger partial charge is 0.132 e. The largest absolute Gasteiger partial charge is 0.457 e.